The molecule has 2 rings (SSSR count). The maximum Gasteiger partial charge on any atom is 0.339 e. The van der Waals surface area contributed by atoms with E-state index in [0.29, 0.717) is 6.42 Å². The highest BCUT2D eigenvalue weighted by molar-refractivity contribution is 5.81. The molecule has 1 atom stereocenters. The lowest BCUT2D eigenvalue weighted by Gasteiger charge is -2.19. The van der Waals surface area contributed by atoms with Crippen LogP contribution in [0.2, 0.25) is 0 Å². The molecule has 0 aliphatic heterocycles. The number of rotatable bonds is 6. The van der Waals surface area contributed by atoms with Gasteiger partial charge in [-0.25, -0.2) is 4.79 Å². The van der Waals surface area contributed by atoms with Crippen molar-refractivity contribution < 1.29 is 15.0 Å². The van der Waals surface area contributed by atoms with E-state index in [9.17, 15) is 15.0 Å². The Hall–Kier alpha value is -2.39. The Bertz CT molecular complexity index is 605. The van der Waals surface area contributed by atoms with E-state index in [1.165, 1.54) is 6.08 Å². The molecule has 0 spiro atoms. The molecule has 0 fully saturated rings. The van der Waals surface area contributed by atoms with Gasteiger partial charge in [-0.1, -0.05) is 66.7 Å². The van der Waals surface area contributed by atoms with Crippen LogP contribution in [0.3, 0.4) is 0 Å². The molecule has 0 saturated carbocycles. The van der Waals surface area contributed by atoms with Crippen molar-refractivity contribution in [2.75, 3.05) is 0 Å². The molecule has 0 radical (unpaired) electrons. The summed E-state index contributed by atoms with van der Waals surface area (Å²) in [6, 6.07) is 18.9. The molecule has 0 heterocycles. The molecular formula is C18H18O3. The monoisotopic (exact) mass is 282 g/mol. The second kappa shape index (κ2) is 6.86. The number of benzene rings is 2. The molecule has 0 aliphatic rings. The van der Waals surface area contributed by atoms with Crippen LogP contribution in [-0.2, 0) is 11.2 Å². The van der Waals surface area contributed by atoms with Crippen LogP contribution >= 0.6 is 0 Å². The average molecular weight is 282 g/mol. The van der Waals surface area contributed by atoms with Gasteiger partial charge >= 0.3 is 5.97 Å². The maximum atomic E-state index is 11.4. The van der Waals surface area contributed by atoms with Gasteiger partial charge in [0.25, 0.3) is 0 Å². The van der Waals surface area contributed by atoms with Crippen molar-refractivity contribution in [2.45, 2.75) is 18.4 Å². The Kier molecular flexibility index (Phi) is 4.90. The zero-order valence-electron chi connectivity index (χ0n) is 11.6. The summed E-state index contributed by atoms with van der Waals surface area (Å²) in [6.45, 7) is 0. The molecule has 0 bridgehead atoms. The van der Waals surface area contributed by atoms with Crippen molar-refractivity contribution in [3.8, 4) is 0 Å². The third-order valence-corrected chi connectivity index (χ3v) is 3.36. The van der Waals surface area contributed by atoms with E-state index < -0.39 is 11.6 Å². The predicted molar refractivity (Wildman–Crippen MR) is 82.8 cm³/mol. The minimum Gasteiger partial charge on any atom is -0.479 e. The predicted octanol–water partition coefficient (Wildman–Crippen LogP) is 3.15. The van der Waals surface area contributed by atoms with Gasteiger partial charge < -0.3 is 10.2 Å². The quantitative estimate of drug-likeness (QED) is 0.855. The van der Waals surface area contributed by atoms with Gasteiger partial charge in [0, 0.05) is 0 Å². The normalized spacial score (nSPS) is 14.0. The molecular weight excluding hydrogens is 264 g/mol. The van der Waals surface area contributed by atoms with Crippen LogP contribution in [0.4, 0.5) is 0 Å². The molecule has 3 heteroatoms. The summed E-state index contributed by atoms with van der Waals surface area (Å²) in [6.07, 6.45) is 3.63. The fraction of sp³-hybridized carbons (Fsp3) is 0.167. The summed E-state index contributed by atoms with van der Waals surface area (Å²) in [5, 5.41) is 19.6. The topological polar surface area (TPSA) is 57.5 Å². The largest absolute Gasteiger partial charge is 0.479 e. The van der Waals surface area contributed by atoms with E-state index in [-0.39, 0.29) is 6.42 Å². The van der Waals surface area contributed by atoms with Crippen molar-refractivity contribution in [2.24, 2.45) is 0 Å². The van der Waals surface area contributed by atoms with Gasteiger partial charge in [0.05, 0.1) is 0 Å². The minimum absolute atomic E-state index is 0.135. The lowest BCUT2D eigenvalue weighted by molar-refractivity contribution is -0.153. The van der Waals surface area contributed by atoms with E-state index in [1.807, 2.05) is 60.7 Å². The molecule has 0 amide bonds. The smallest absolute Gasteiger partial charge is 0.339 e. The van der Waals surface area contributed by atoms with Crippen LogP contribution in [0.15, 0.2) is 66.7 Å². The summed E-state index contributed by atoms with van der Waals surface area (Å²) in [5.41, 5.74) is 0.00765. The van der Waals surface area contributed by atoms with Gasteiger partial charge in [-0.15, -0.1) is 0 Å². The molecule has 0 saturated heterocycles. The number of carboxylic acid groups (broad SMARTS) is 1. The molecule has 108 valence electrons. The molecule has 1 unspecified atom stereocenters. The third kappa shape index (κ3) is 4.29. The van der Waals surface area contributed by atoms with Crippen LogP contribution in [0, 0.1) is 0 Å². The second-order valence-electron chi connectivity index (χ2n) is 4.96. The first-order valence-electron chi connectivity index (χ1n) is 6.84. The minimum atomic E-state index is -1.86. The van der Waals surface area contributed by atoms with E-state index >= 15 is 0 Å². The zero-order chi connectivity index (χ0) is 15.1. The molecule has 0 aliphatic carbocycles. The van der Waals surface area contributed by atoms with Crippen LogP contribution in [0.5, 0.6) is 0 Å². The zero-order valence-corrected chi connectivity index (χ0v) is 11.6. The molecule has 2 aromatic carbocycles. The fourth-order valence-corrected chi connectivity index (χ4v) is 2.04. The highest BCUT2D eigenvalue weighted by Crippen LogP contribution is 2.18. The Morgan fingerprint density at radius 3 is 2.14 bits per heavy atom. The van der Waals surface area contributed by atoms with Gasteiger partial charge in [-0.3, -0.25) is 0 Å². The molecule has 3 nitrogen and oxygen atoms in total. The number of hydrogen-bond acceptors (Lipinski definition) is 2. The summed E-state index contributed by atoms with van der Waals surface area (Å²) >= 11 is 0. The first-order chi connectivity index (χ1) is 10.1. The number of hydrogen-bond donors (Lipinski definition) is 2. The van der Waals surface area contributed by atoms with Crippen molar-refractivity contribution >= 4 is 12.0 Å². The Labute approximate surface area is 124 Å². The average Bonchev–Trinajstić information content (AvgIpc) is 2.53. The van der Waals surface area contributed by atoms with Crippen molar-refractivity contribution in [1.82, 2.24) is 0 Å². The van der Waals surface area contributed by atoms with Crippen LogP contribution < -0.4 is 0 Å². The Morgan fingerprint density at radius 1 is 1.00 bits per heavy atom. The van der Waals surface area contributed by atoms with Crippen LogP contribution in [0.1, 0.15) is 17.5 Å². The van der Waals surface area contributed by atoms with Gasteiger partial charge in [-0.2, -0.15) is 0 Å². The Morgan fingerprint density at radius 2 is 1.57 bits per heavy atom. The van der Waals surface area contributed by atoms with E-state index in [1.54, 1.807) is 6.08 Å². The number of carbonyl (C=O) groups is 1. The fourth-order valence-electron chi connectivity index (χ4n) is 2.04. The maximum absolute atomic E-state index is 11.4. The number of aryl methyl sites for hydroxylation is 1. The number of aliphatic hydroxyl groups is 1. The summed E-state index contributed by atoms with van der Waals surface area (Å²) in [5.74, 6) is -1.23. The first-order valence-corrected chi connectivity index (χ1v) is 6.84. The molecule has 21 heavy (non-hydrogen) atoms. The highest BCUT2D eigenvalue weighted by Gasteiger charge is 2.32. The summed E-state index contributed by atoms with van der Waals surface area (Å²) < 4.78 is 0. The molecule has 0 aromatic heterocycles. The van der Waals surface area contributed by atoms with E-state index in [0.717, 1.165) is 11.1 Å². The lowest BCUT2D eigenvalue weighted by atomic mass is 9.94. The van der Waals surface area contributed by atoms with Gasteiger partial charge in [0.15, 0.2) is 5.60 Å². The van der Waals surface area contributed by atoms with Crippen molar-refractivity contribution in [3.05, 3.63) is 77.9 Å². The summed E-state index contributed by atoms with van der Waals surface area (Å²) in [4.78, 5) is 11.4. The summed E-state index contributed by atoms with van der Waals surface area (Å²) in [7, 11) is 0. The number of carboxylic acids is 1. The first kappa shape index (κ1) is 15.0. The van der Waals surface area contributed by atoms with Gasteiger partial charge in [0.1, 0.15) is 0 Å². The van der Waals surface area contributed by atoms with Gasteiger partial charge in [0.2, 0.25) is 0 Å². The Balaban J connectivity index is 2.09. The third-order valence-electron chi connectivity index (χ3n) is 3.36. The standard InChI is InChI=1S/C18H18O3/c19-17(20)18(21,13-11-15-7-3-1-4-8-15)14-12-16-9-5-2-6-10-16/h1-11,13,21H,12,14H2,(H,19,20). The van der Waals surface area contributed by atoms with Crippen molar-refractivity contribution in [1.29, 1.82) is 0 Å². The second-order valence-corrected chi connectivity index (χ2v) is 4.96. The number of aliphatic carboxylic acids is 1. The van der Waals surface area contributed by atoms with Crippen LogP contribution in [-0.4, -0.2) is 21.8 Å². The molecule has 2 N–H and O–H groups in total. The van der Waals surface area contributed by atoms with Crippen LogP contribution in [0.25, 0.3) is 6.08 Å². The van der Waals surface area contributed by atoms with E-state index in [2.05, 4.69) is 0 Å². The van der Waals surface area contributed by atoms with Crippen molar-refractivity contribution in [3.63, 3.8) is 0 Å². The lowest BCUT2D eigenvalue weighted by Crippen LogP contribution is -2.36. The highest BCUT2D eigenvalue weighted by atomic mass is 16.4. The molecule has 2 aromatic rings. The SMILES string of the molecule is O=C(O)C(O)(C=Cc1ccccc1)CCc1ccccc1. The van der Waals surface area contributed by atoms with Gasteiger partial charge in [-0.05, 0) is 30.0 Å². The van der Waals surface area contributed by atoms with E-state index in [4.69, 9.17) is 0 Å².